The van der Waals surface area contributed by atoms with E-state index in [0.717, 1.165) is 31.6 Å². The third-order valence-electron chi connectivity index (χ3n) is 3.45. The minimum absolute atomic E-state index is 0.402. The lowest BCUT2D eigenvalue weighted by Crippen LogP contribution is -2.25. The first-order valence-corrected chi connectivity index (χ1v) is 6.63. The number of aromatic nitrogens is 1. The third-order valence-corrected chi connectivity index (χ3v) is 3.45. The van der Waals surface area contributed by atoms with E-state index in [2.05, 4.69) is 18.0 Å². The van der Waals surface area contributed by atoms with Crippen LogP contribution in [0.5, 0.6) is 5.75 Å². The average Bonchev–Trinajstić information content (AvgIpc) is 2.37. The van der Waals surface area contributed by atoms with Crippen LogP contribution in [0.25, 0.3) is 0 Å². The Bertz CT molecular complexity index is 346. The molecule has 17 heavy (non-hydrogen) atoms. The van der Waals surface area contributed by atoms with Gasteiger partial charge in [0, 0.05) is 12.2 Å². The molecule has 1 aromatic rings. The lowest BCUT2D eigenvalue weighted by molar-refractivity contribution is 0.314. The molecule has 2 N–H and O–H groups in total. The summed E-state index contributed by atoms with van der Waals surface area (Å²) in [7, 11) is 0. The van der Waals surface area contributed by atoms with Gasteiger partial charge in [-0.05, 0) is 49.7 Å². The molecule has 0 atom stereocenters. The van der Waals surface area contributed by atoms with E-state index in [1.54, 1.807) is 6.20 Å². The number of nitrogens with zero attached hydrogens (tertiary/aromatic N) is 1. The van der Waals surface area contributed by atoms with E-state index in [1.165, 1.54) is 18.4 Å². The van der Waals surface area contributed by atoms with Crippen molar-refractivity contribution in [3.63, 3.8) is 0 Å². The van der Waals surface area contributed by atoms with Crippen LogP contribution in [0.15, 0.2) is 18.5 Å². The Morgan fingerprint density at radius 2 is 2.06 bits per heavy atom. The van der Waals surface area contributed by atoms with Crippen molar-refractivity contribution < 1.29 is 4.74 Å². The highest BCUT2D eigenvalue weighted by atomic mass is 16.5. The van der Waals surface area contributed by atoms with Crippen LogP contribution in [-0.4, -0.2) is 17.6 Å². The van der Waals surface area contributed by atoms with Gasteiger partial charge < -0.3 is 10.5 Å². The monoisotopic (exact) mass is 234 g/mol. The first-order valence-electron chi connectivity index (χ1n) is 6.63. The molecule has 0 aliphatic heterocycles. The van der Waals surface area contributed by atoms with E-state index in [1.807, 2.05) is 6.20 Å². The number of pyridine rings is 1. The van der Waals surface area contributed by atoms with E-state index >= 15 is 0 Å². The van der Waals surface area contributed by atoms with Crippen LogP contribution in [0.1, 0.15) is 50.5 Å². The normalized spacial score (nSPS) is 24.6. The van der Waals surface area contributed by atoms with E-state index in [-0.39, 0.29) is 0 Å². The van der Waals surface area contributed by atoms with E-state index in [4.69, 9.17) is 10.5 Å². The molecule has 0 bridgehead atoms. The Balaban J connectivity index is 2.00. The zero-order chi connectivity index (χ0) is 12.1. The average molecular weight is 234 g/mol. The van der Waals surface area contributed by atoms with Gasteiger partial charge in [-0.1, -0.05) is 6.92 Å². The lowest BCUT2D eigenvalue weighted by Gasteiger charge is -2.26. The second-order valence-corrected chi connectivity index (χ2v) is 4.91. The first kappa shape index (κ1) is 12.4. The molecule has 0 aromatic carbocycles. The molecular formula is C14H22N2O. The molecule has 0 unspecified atom stereocenters. The molecule has 0 saturated heterocycles. The summed E-state index contributed by atoms with van der Waals surface area (Å²) in [5.74, 6) is 1.52. The summed E-state index contributed by atoms with van der Waals surface area (Å²) in [6.07, 6.45) is 9.42. The number of hydrogen-bond donors (Lipinski definition) is 1. The second kappa shape index (κ2) is 6.01. The molecular weight excluding hydrogens is 212 g/mol. The van der Waals surface area contributed by atoms with Crippen molar-refractivity contribution in [2.24, 2.45) is 5.73 Å². The highest BCUT2D eigenvalue weighted by Gasteiger charge is 2.20. The first-order chi connectivity index (χ1) is 8.29. The van der Waals surface area contributed by atoms with Gasteiger partial charge in [0.2, 0.25) is 0 Å². The van der Waals surface area contributed by atoms with Crippen molar-refractivity contribution in [3.05, 3.63) is 24.0 Å². The molecule has 3 nitrogen and oxygen atoms in total. The van der Waals surface area contributed by atoms with Gasteiger partial charge in [-0.25, -0.2) is 0 Å². The molecule has 3 heteroatoms. The van der Waals surface area contributed by atoms with Crippen molar-refractivity contribution >= 4 is 0 Å². The number of ether oxygens (including phenoxy) is 1. The quantitative estimate of drug-likeness (QED) is 0.871. The van der Waals surface area contributed by atoms with E-state index in [9.17, 15) is 0 Å². The number of rotatable bonds is 4. The molecule has 2 rings (SSSR count). The topological polar surface area (TPSA) is 48.1 Å². The zero-order valence-electron chi connectivity index (χ0n) is 10.6. The molecule has 0 spiro atoms. The van der Waals surface area contributed by atoms with Gasteiger partial charge >= 0.3 is 0 Å². The Morgan fingerprint density at radius 3 is 2.76 bits per heavy atom. The fourth-order valence-corrected chi connectivity index (χ4v) is 2.41. The molecule has 1 saturated carbocycles. The third kappa shape index (κ3) is 3.43. The fourth-order valence-electron chi connectivity index (χ4n) is 2.41. The van der Waals surface area contributed by atoms with Crippen molar-refractivity contribution in [3.8, 4) is 5.75 Å². The summed E-state index contributed by atoms with van der Waals surface area (Å²) in [5.41, 5.74) is 7.24. The fraction of sp³-hybridized carbons (Fsp3) is 0.643. The SMILES string of the molecule is CCCOc1cncc(C2CCC(N)CC2)c1. The Morgan fingerprint density at radius 1 is 1.29 bits per heavy atom. The van der Waals surface area contributed by atoms with Crippen LogP contribution < -0.4 is 10.5 Å². The van der Waals surface area contributed by atoms with E-state index < -0.39 is 0 Å². The smallest absolute Gasteiger partial charge is 0.137 e. The van der Waals surface area contributed by atoms with Gasteiger partial charge in [0.1, 0.15) is 5.75 Å². The van der Waals surface area contributed by atoms with Gasteiger partial charge in [0.25, 0.3) is 0 Å². The highest BCUT2D eigenvalue weighted by Crippen LogP contribution is 2.33. The molecule has 1 aliphatic carbocycles. The Labute approximate surface area is 103 Å². The maximum absolute atomic E-state index is 5.93. The van der Waals surface area contributed by atoms with Crippen molar-refractivity contribution in [1.29, 1.82) is 0 Å². The summed E-state index contributed by atoms with van der Waals surface area (Å²) < 4.78 is 5.62. The minimum Gasteiger partial charge on any atom is -0.492 e. The van der Waals surface area contributed by atoms with Gasteiger partial charge in [0.05, 0.1) is 12.8 Å². The summed E-state index contributed by atoms with van der Waals surface area (Å²) in [5, 5.41) is 0. The standard InChI is InChI=1S/C14H22N2O/c1-2-7-17-14-8-12(9-16-10-14)11-3-5-13(15)6-4-11/h8-11,13H,2-7,15H2,1H3. The molecule has 1 aromatic heterocycles. The van der Waals surface area contributed by atoms with Crippen LogP contribution in [-0.2, 0) is 0 Å². The lowest BCUT2D eigenvalue weighted by atomic mass is 9.82. The summed E-state index contributed by atoms with van der Waals surface area (Å²) in [6, 6.07) is 2.54. The van der Waals surface area contributed by atoms with Gasteiger partial charge in [-0.2, -0.15) is 0 Å². The predicted molar refractivity (Wildman–Crippen MR) is 69.2 cm³/mol. The molecule has 94 valence electrons. The molecule has 1 heterocycles. The van der Waals surface area contributed by atoms with Crippen molar-refractivity contribution in [1.82, 2.24) is 4.98 Å². The van der Waals surface area contributed by atoms with Gasteiger partial charge in [-0.15, -0.1) is 0 Å². The summed E-state index contributed by atoms with van der Waals surface area (Å²) in [4.78, 5) is 4.28. The maximum Gasteiger partial charge on any atom is 0.137 e. The molecule has 0 amide bonds. The van der Waals surface area contributed by atoms with Gasteiger partial charge in [0.15, 0.2) is 0 Å². The number of nitrogens with two attached hydrogens (primary N) is 1. The minimum atomic E-state index is 0.402. The predicted octanol–water partition coefficient (Wildman–Crippen LogP) is 2.86. The van der Waals surface area contributed by atoms with Crippen LogP contribution in [0.3, 0.4) is 0 Å². The van der Waals surface area contributed by atoms with Crippen molar-refractivity contribution in [2.75, 3.05) is 6.61 Å². The maximum atomic E-state index is 5.93. The van der Waals surface area contributed by atoms with Crippen LogP contribution in [0, 0.1) is 0 Å². The molecule has 0 radical (unpaired) electrons. The van der Waals surface area contributed by atoms with Crippen LogP contribution >= 0.6 is 0 Å². The van der Waals surface area contributed by atoms with Crippen molar-refractivity contribution in [2.45, 2.75) is 51.0 Å². The Hall–Kier alpha value is -1.09. The number of hydrogen-bond acceptors (Lipinski definition) is 3. The largest absolute Gasteiger partial charge is 0.492 e. The molecule has 1 fully saturated rings. The van der Waals surface area contributed by atoms with Crippen LogP contribution in [0.2, 0.25) is 0 Å². The zero-order valence-corrected chi connectivity index (χ0v) is 10.6. The molecule has 1 aliphatic rings. The van der Waals surface area contributed by atoms with Crippen LogP contribution in [0.4, 0.5) is 0 Å². The van der Waals surface area contributed by atoms with E-state index in [0.29, 0.717) is 12.0 Å². The Kier molecular flexibility index (Phi) is 4.37. The highest BCUT2D eigenvalue weighted by molar-refractivity contribution is 5.26. The summed E-state index contributed by atoms with van der Waals surface area (Å²) in [6.45, 7) is 2.88. The van der Waals surface area contributed by atoms with Gasteiger partial charge in [-0.3, -0.25) is 4.98 Å². The summed E-state index contributed by atoms with van der Waals surface area (Å²) >= 11 is 0. The second-order valence-electron chi connectivity index (χ2n) is 4.91.